The Balaban J connectivity index is 2.06. The first-order chi connectivity index (χ1) is 18.9. The van der Waals surface area contributed by atoms with Crippen molar-refractivity contribution in [3.8, 4) is 0 Å². The van der Waals surface area contributed by atoms with Crippen molar-refractivity contribution in [2.45, 2.75) is 52.2 Å². The zero-order chi connectivity index (χ0) is 29.4. The van der Waals surface area contributed by atoms with Crippen molar-refractivity contribution in [3.05, 3.63) is 100 Å². The molecular weight excluding hydrogens is 553 g/mol. The van der Waals surface area contributed by atoms with Gasteiger partial charge in [-0.25, -0.2) is 12.8 Å². The molecule has 7 nitrogen and oxygen atoms in total. The van der Waals surface area contributed by atoms with Crippen molar-refractivity contribution >= 4 is 39.1 Å². The Morgan fingerprint density at radius 3 is 2.23 bits per heavy atom. The molecule has 1 N–H and O–H groups in total. The van der Waals surface area contributed by atoms with E-state index in [4.69, 9.17) is 11.6 Å². The fourth-order valence-corrected chi connectivity index (χ4v) is 5.16. The van der Waals surface area contributed by atoms with Gasteiger partial charge in [-0.1, -0.05) is 78.7 Å². The molecule has 0 saturated heterocycles. The van der Waals surface area contributed by atoms with Gasteiger partial charge in [0.1, 0.15) is 18.4 Å². The lowest BCUT2D eigenvalue weighted by Crippen LogP contribution is -2.54. The molecule has 214 valence electrons. The number of sulfonamides is 1. The normalized spacial score (nSPS) is 12.8. The molecule has 3 aromatic rings. The molecule has 2 atom stereocenters. The van der Waals surface area contributed by atoms with Crippen molar-refractivity contribution in [2.24, 2.45) is 0 Å². The molecular formula is C30H35ClFN3O4S. The summed E-state index contributed by atoms with van der Waals surface area (Å²) in [5, 5.41) is 2.71. The monoisotopic (exact) mass is 587 g/mol. The summed E-state index contributed by atoms with van der Waals surface area (Å²) in [5.41, 5.74) is 2.71. The second kappa shape index (κ2) is 13.8. The summed E-state index contributed by atoms with van der Waals surface area (Å²) >= 11 is 5.93. The van der Waals surface area contributed by atoms with E-state index >= 15 is 0 Å². The van der Waals surface area contributed by atoms with Crippen LogP contribution in [0.1, 0.15) is 37.0 Å². The van der Waals surface area contributed by atoms with Gasteiger partial charge in [0.25, 0.3) is 0 Å². The Bertz CT molecular complexity index is 1420. The maximum Gasteiger partial charge on any atom is 0.244 e. The van der Waals surface area contributed by atoms with E-state index in [0.717, 1.165) is 39.4 Å². The molecule has 40 heavy (non-hydrogen) atoms. The predicted octanol–water partition coefficient (Wildman–Crippen LogP) is 5.11. The number of carbonyl (C=O) groups excluding carboxylic acids is 2. The third-order valence-electron chi connectivity index (χ3n) is 6.62. The zero-order valence-electron chi connectivity index (χ0n) is 23.1. The highest BCUT2D eigenvalue weighted by molar-refractivity contribution is 7.92. The molecule has 0 aliphatic heterocycles. The Hall–Kier alpha value is -3.43. The fraction of sp³-hybridized carbons (Fsp3) is 0.333. The lowest BCUT2D eigenvalue weighted by Gasteiger charge is -2.34. The van der Waals surface area contributed by atoms with Gasteiger partial charge in [-0.3, -0.25) is 13.9 Å². The molecule has 0 heterocycles. The highest BCUT2D eigenvalue weighted by Gasteiger charge is 2.33. The standard InChI is InChI=1S/C30H35ClFN3O4S/c1-5-22(3)33-30(37)28(17-23-9-7-6-8-10-23)34(19-24-13-11-21(2)12-14-24)29(36)20-35(40(4,38)39)25-15-16-27(32)26(31)18-25/h6-16,18,22,28H,5,17,19-20H2,1-4H3,(H,33,37)/t22-,28-/m1/s1. The number of anilines is 1. The summed E-state index contributed by atoms with van der Waals surface area (Å²) in [6.45, 7) is 5.25. The molecule has 2 amide bonds. The quantitative estimate of drug-likeness (QED) is 0.319. The number of amides is 2. The van der Waals surface area contributed by atoms with Crippen LogP contribution < -0.4 is 9.62 Å². The Morgan fingerprint density at radius 2 is 1.65 bits per heavy atom. The van der Waals surface area contributed by atoms with E-state index in [1.165, 1.54) is 11.0 Å². The number of aryl methyl sites for hydroxylation is 1. The first-order valence-corrected chi connectivity index (χ1v) is 15.2. The van der Waals surface area contributed by atoms with E-state index in [2.05, 4.69) is 5.32 Å². The van der Waals surface area contributed by atoms with Crippen LogP contribution in [0, 0.1) is 12.7 Å². The molecule has 0 saturated carbocycles. The second-order valence-corrected chi connectivity index (χ2v) is 12.2. The molecule has 0 aromatic heterocycles. The summed E-state index contributed by atoms with van der Waals surface area (Å²) < 4.78 is 40.3. The number of hydrogen-bond donors (Lipinski definition) is 1. The van der Waals surface area contributed by atoms with E-state index in [-0.39, 0.29) is 35.6 Å². The SMILES string of the molecule is CC[C@@H](C)NC(=O)[C@@H](Cc1ccccc1)N(Cc1ccc(C)cc1)C(=O)CN(c1ccc(F)c(Cl)c1)S(C)(=O)=O. The molecule has 0 fully saturated rings. The molecule has 0 bridgehead atoms. The molecule has 10 heteroatoms. The van der Waals surface area contributed by atoms with Gasteiger partial charge in [0.2, 0.25) is 21.8 Å². The van der Waals surface area contributed by atoms with Gasteiger partial charge in [0.15, 0.2) is 0 Å². The van der Waals surface area contributed by atoms with E-state index in [0.29, 0.717) is 6.42 Å². The Labute approximate surface area is 241 Å². The van der Waals surface area contributed by atoms with Crippen molar-refractivity contribution in [2.75, 3.05) is 17.1 Å². The average molecular weight is 588 g/mol. The topological polar surface area (TPSA) is 86.8 Å². The maximum atomic E-state index is 14.0. The van der Waals surface area contributed by atoms with Crippen LogP contribution >= 0.6 is 11.6 Å². The average Bonchev–Trinajstić information content (AvgIpc) is 2.91. The highest BCUT2D eigenvalue weighted by atomic mass is 35.5. The minimum Gasteiger partial charge on any atom is -0.352 e. The number of rotatable bonds is 12. The molecule has 0 radical (unpaired) electrons. The van der Waals surface area contributed by atoms with Crippen LogP contribution in [0.25, 0.3) is 0 Å². The largest absolute Gasteiger partial charge is 0.352 e. The van der Waals surface area contributed by atoms with Crippen LogP contribution in [0.15, 0.2) is 72.8 Å². The summed E-state index contributed by atoms with van der Waals surface area (Å²) in [7, 11) is -3.98. The molecule has 3 rings (SSSR count). The summed E-state index contributed by atoms with van der Waals surface area (Å²) in [5.74, 6) is -1.64. The van der Waals surface area contributed by atoms with E-state index in [1.807, 2.05) is 75.4 Å². The number of benzene rings is 3. The lowest BCUT2D eigenvalue weighted by atomic mass is 10.0. The van der Waals surface area contributed by atoms with Crippen LogP contribution in [0.5, 0.6) is 0 Å². The molecule has 0 spiro atoms. The minimum atomic E-state index is -3.98. The molecule has 0 unspecified atom stereocenters. The van der Waals surface area contributed by atoms with Crippen LogP contribution in [-0.2, 0) is 32.6 Å². The van der Waals surface area contributed by atoms with Crippen molar-refractivity contribution in [1.29, 1.82) is 0 Å². The zero-order valence-corrected chi connectivity index (χ0v) is 24.7. The Morgan fingerprint density at radius 1 is 1.00 bits per heavy atom. The van der Waals surface area contributed by atoms with Crippen LogP contribution in [-0.4, -0.2) is 50.0 Å². The van der Waals surface area contributed by atoms with Gasteiger partial charge in [0, 0.05) is 19.0 Å². The van der Waals surface area contributed by atoms with Crippen molar-refractivity contribution < 1.29 is 22.4 Å². The lowest BCUT2D eigenvalue weighted by molar-refractivity contribution is -0.140. The third-order valence-corrected chi connectivity index (χ3v) is 8.05. The van der Waals surface area contributed by atoms with Gasteiger partial charge < -0.3 is 10.2 Å². The van der Waals surface area contributed by atoms with Gasteiger partial charge in [0.05, 0.1) is 17.0 Å². The second-order valence-electron chi connectivity index (χ2n) is 9.90. The number of nitrogens with zero attached hydrogens (tertiary/aromatic N) is 2. The minimum absolute atomic E-state index is 0.0428. The fourth-order valence-electron chi connectivity index (χ4n) is 4.14. The van der Waals surface area contributed by atoms with Crippen molar-refractivity contribution in [1.82, 2.24) is 10.2 Å². The molecule has 3 aromatic carbocycles. The highest BCUT2D eigenvalue weighted by Crippen LogP contribution is 2.25. The first kappa shape index (κ1) is 31.1. The number of carbonyl (C=O) groups is 2. The van der Waals surface area contributed by atoms with Crippen LogP contribution in [0.2, 0.25) is 5.02 Å². The predicted molar refractivity (Wildman–Crippen MR) is 157 cm³/mol. The molecule has 0 aliphatic rings. The summed E-state index contributed by atoms with van der Waals surface area (Å²) in [4.78, 5) is 29.1. The number of hydrogen-bond acceptors (Lipinski definition) is 4. The summed E-state index contributed by atoms with van der Waals surface area (Å²) in [6.07, 6.45) is 1.88. The number of halogens is 2. The van der Waals surface area contributed by atoms with E-state index in [9.17, 15) is 22.4 Å². The van der Waals surface area contributed by atoms with Crippen LogP contribution in [0.4, 0.5) is 10.1 Å². The maximum absolute atomic E-state index is 14.0. The molecule has 0 aliphatic carbocycles. The van der Waals surface area contributed by atoms with Gasteiger partial charge in [-0.2, -0.15) is 0 Å². The van der Waals surface area contributed by atoms with Gasteiger partial charge in [-0.15, -0.1) is 0 Å². The Kier molecular flexibility index (Phi) is 10.7. The third kappa shape index (κ3) is 8.53. The summed E-state index contributed by atoms with van der Waals surface area (Å²) in [6, 6.07) is 19.3. The first-order valence-electron chi connectivity index (χ1n) is 13.0. The van der Waals surface area contributed by atoms with Crippen molar-refractivity contribution in [3.63, 3.8) is 0 Å². The van der Waals surface area contributed by atoms with Gasteiger partial charge >= 0.3 is 0 Å². The van der Waals surface area contributed by atoms with Gasteiger partial charge in [-0.05, 0) is 49.6 Å². The van der Waals surface area contributed by atoms with Crippen LogP contribution in [0.3, 0.4) is 0 Å². The van der Waals surface area contributed by atoms with E-state index in [1.54, 1.807) is 0 Å². The van der Waals surface area contributed by atoms with E-state index < -0.39 is 34.3 Å². The number of nitrogens with one attached hydrogen (secondary N) is 1. The smallest absolute Gasteiger partial charge is 0.244 e.